The third-order valence-electron chi connectivity index (χ3n) is 2.19. The van der Waals surface area contributed by atoms with Crippen molar-refractivity contribution in [1.82, 2.24) is 4.90 Å². The molecular weight excluding hydrogens is 118 g/mol. The standard InChI is InChI=1S/C6H9NO2/c8-6(9)4-1-5-3-7(5)2-4/h4-5H,1-3H2,(H,8,9). The number of piperidine rings is 1. The zero-order chi connectivity index (χ0) is 6.43. The number of hydrogen-bond donors (Lipinski definition) is 1. The number of fused-ring (bicyclic) bond motifs is 1. The molecule has 0 spiro atoms. The summed E-state index contributed by atoms with van der Waals surface area (Å²) in [6.45, 7) is 1.93. The van der Waals surface area contributed by atoms with Gasteiger partial charge in [-0.1, -0.05) is 0 Å². The topological polar surface area (TPSA) is 40.3 Å². The van der Waals surface area contributed by atoms with Crippen LogP contribution in [0, 0.1) is 5.92 Å². The zero-order valence-corrected chi connectivity index (χ0v) is 5.08. The second-order valence-corrected chi connectivity index (χ2v) is 2.88. The Bertz CT molecular complexity index is 147. The van der Waals surface area contributed by atoms with Gasteiger partial charge in [0.2, 0.25) is 0 Å². The first kappa shape index (κ1) is 5.23. The van der Waals surface area contributed by atoms with E-state index in [2.05, 4.69) is 4.90 Å². The van der Waals surface area contributed by atoms with E-state index in [0.717, 1.165) is 19.5 Å². The smallest absolute Gasteiger partial charge is 0.307 e. The van der Waals surface area contributed by atoms with Crippen LogP contribution in [0.15, 0.2) is 0 Å². The normalized spacial score (nSPS) is 46.4. The summed E-state index contributed by atoms with van der Waals surface area (Å²) in [4.78, 5) is 12.5. The van der Waals surface area contributed by atoms with Gasteiger partial charge in [-0.25, -0.2) is 0 Å². The van der Waals surface area contributed by atoms with Crippen molar-refractivity contribution in [2.75, 3.05) is 13.1 Å². The van der Waals surface area contributed by atoms with Crippen LogP contribution < -0.4 is 0 Å². The number of nitrogens with zero attached hydrogens (tertiary/aromatic N) is 1. The Morgan fingerprint density at radius 3 is 2.67 bits per heavy atom. The Balaban J connectivity index is 1.97. The number of rotatable bonds is 1. The molecule has 0 bridgehead atoms. The minimum atomic E-state index is -0.623. The molecule has 2 heterocycles. The van der Waals surface area contributed by atoms with Gasteiger partial charge in [-0.2, -0.15) is 0 Å². The first-order chi connectivity index (χ1) is 4.27. The van der Waals surface area contributed by atoms with Crippen LogP contribution in [-0.2, 0) is 4.79 Å². The number of aliphatic carboxylic acids is 1. The third-order valence-corrected chi connectivity index (χ3v) is 2.19. The Hall–Kier alpha value is -0.570. The molecule has 0 aromatic rings. The number of carboxylic acids is 1. The maximum Gasteiger partial charge on any atom is 0.307 e. The molecule has 0 saturated carbocycles. The largest absolute Gasteiger partial charge is 0.481 e. The molecule has 2 aliphatic rings. The Labute approximate surface area is 53.3 Å². The summed E-state index contributed by atoms with van der Waals surface area (Å²) in [7, 11) is 0. The van der Waals surface area contributed by atoms with Gasteiger partial charge in [0, 0.05) is 19.1 Å². The Morgan fingerprint density at radius 2 is 2.33 bits per heavy atom. The van der Waals surface area contributed by atoms with Gasteiger partial charge in [0.25, 0.3) is 0 Å². The molecule has 2 rings (SSSR count). The summed E-state index contributed by atoms with van der Waals surface area (Å²) in [5, 5.41) is 8.52. The summed E-state index contributed by atoms with van der Waals surface area (Å²) in [5.41, 5.74) is 0. The fraction of sp³-hybridized carbons (Fsp3) is 0.833. The SMILES string of the molecule is O=C(O)C1CC2CN2C1. The predicted octanol–water partition coefficient (Wildman–Crippen LogP) is -0.225. The van der Waals surface area contributed by atoms with Crippen LogP contribution in [0.25, 0.3) is 0 Å². The highest BCUT2D eigenvalue weighted by atomic mass is 16.4. The predicted molar refractivity (Wildman–Crippen MR) is 31.1 cm³/mol. The van der Waals surface area contributed by atoms with Gasteiger partial charge in [-0.05, 0) is 6.42 Å². The van der Waals surface area contributed by atoms with Gasteiger partial charge >= 0.3 is 5.97 Å². The van der Waals surface area contributed by atoms with E-state index in [-0.39, 0.29) is 5.92 Å². The number of carbonyl (C=O) groups is 1. The molecule has 3 unspecified atom stereocenters. The lowest BCUT2D eigenvalue weighted by Gasteiger charge is -2.01. The van der Waals surface area contributed by atoms with Crippen molar-refractivity contribution in [3.63, 3.8) is 0 Å². The van der Waals surface area contributed by atoms with Gasteiger partial charge < -0.3 is 5.11 Å². The molecule has 2 saturated heterocycles. The Morgan fingerprint density at radius 1 is 1.56 bits per heavy atom. The van der Waals surface area contributed by atoms with Crippen LogP contribution in [0.1, 0.15) is 6.42 Å². The van der Waals surface area contributed by atoms with E-state index < -0.39 is 5.97 Å². The van der Waals surface area contributed by atoms with Crippen LogP contribution in [0.4, 0.5) is 0 Å². The van der Waals surface area contributed by atoms with Crippen LogP contribution in [0.2, 0.25) is 0 Å². The molecule has 2 aliphatic heterocycles. The third kappa shape index (κ3) is 0.721. The fourth-order valence-corrected chi connectivity index (χ4v) is 1.54. The van der Waals surface area contributed by atoms with Crippen LogP contribution in [0.3, 0.4) is 0 Å². The average Bonchev–Trinajstić information content (AvgIpc) is 2.40. The molecule has 0 aliphatic carbocycles. The summed E-state index contributed by atoms with van der Waals surface area (Å²) in [6.07, 6.45) is 0.884. The summed E-state index contributed by atoms with van der Waals surface area (Å²) in [6, 6.07) is 0.631. The van der Waals surface area contributed by atoms with E-state index in [1.165, 1.54) is 0 Å². The first-order valence-electron chi connectivity index (χ1n) is 3.24. The van der Waals surface area contributed by atoms with Crippen molar-refractivity contribution >= 4 is 5.97 Å². The van der Waals surface area contributed by atoms with Crippen LogP contribution in [0.5, 0.6) is 0 Å². The average molecular weight is 127 g/mol. The monoisotopic (exact) mass is 127 g/mol. The molecule has 0 aromatic heterocycles. The highest BCUT2D eigenvalue weighted by Gasteiger charge is 2.45. The van der Waals surface area contributed by atoms with E-state index in [1.807, 2.05) is 0 Å². The van der Waals surface area contributed by atoms with Gasteiger partial charge in [0.1, 0.15) is 0 Å². The quantitative estimate of drug-likeness (QED) is 0.495. The molecule has 1 N–H and O–H groups in total. The van der Waals surface area contributed by atoms with E-state index in [9.17, 15) is 4.79 Å². The second kappa shape index (κ2) is 1.48. The highest BCUT2D eigenvalue weighted by Crippen LogP contribution is 2.33. The molecule has 0 radical (unpaired) electrons. The summed E-state index contributed by atoms with van der Waals surface area (Å²) < 4.78 is 0. The zero-order valence-electron chi connectivity index (χ0n) is 5.08. The molecular formula is C6H9NO2. The van der Waals surface area contributed by atoms with E-state index >= 15 is 0 Å². The maximum absolute atomic E-state index is 10.3. The van der Waals surface area contributed by atoms with E-state index in [0.29, 0.717) is 6.04 Å². The number of hydrogen-bond acceptors (Lipinski definition) is 2. The minimum absolute atomic E-state index is 0.0660. The van der Waals surface area contributed by atoms with Crippen LogP contribution >= 0.6 is 0 Å². The van der Waals surface area contributed by atoms with Crippen molar-refractivity contribution < 1.29 is 9.90 Å². The van der Waals surface area contributed by atoms with Gasteiger partial charge in [0.15, 0.2) is 0 Å². The molecule has 3 heteroatoms. The summed E-state index contributed by atoms with van der Waals surface area (Å²) in [5.74, 6) is -0.689. The molecule has 3 atom stereocenters. The van der Waals surface area contributed by atoms with Crippen LogP contribution in [-0.4, -0.2) is 35.1 Å². The minimum Gasteiger partial charge on any atom is -0.481 e. The fourth-order valence-electron chi connectivity index (χ4n) is 1.54. The highest BCUT2D eigenvalue weighted by molar-refractivity contribution is 5.71. The van der Waals surface area contributed by atoms with Crippen molar-refractivity contribution in [3.8, 4) is 0 Å². The lowest BCUT2D eigenvalue weighted by atomic mass is 10.1. The molecule has 3 nitrogen and oxygen atoms in total. The lowest BCUT2D eigenvalue weighted by molar-refractivity contribution is -0.141. The van der Waals surface area contributed by atoms with Crippen molar-refractivity contribution in [2.45, 2.75) is 12.5 Å². The Kier molecular flexibility index (Phi) is 0.858. The van der Waals surface area contributed by atoms with E-state index in [1.54, 1.807) is 0 Å². The molecule has 2 fully saturated rings. The molecule has 50 valence electrons. The van der Waals surface area contributed by atoms with Crippen molar-refractivity contribution in [3.05, 3.63) is 0 Å². The lowest BCUT2D eigenvalue weighted by Crippen LogP contribution is -2.17. The molecule has 0 amide bonds. The van der Waals surface area contributed by atoms with Crippen molar-refractivity contribution in [2.24, 2.45) is 5.92 Å². The van der Waals surface area contributed by atoms with Crippen molar-refractivity contribution in [1.29, 1.82) is 0 Å². The van der Waals surface area contributed by atoms with Gasteiger partial charge in [-0.15, -0.1) is 0 Å². The first-order valence-corrected chi connectivity index (χ1v) is 3.24. The summed E-state index contributed by atoms with van der Waals surface area (Å²) >= 11 is 0. The maximum atomic E-state index is 10.3. The van der Waals surface area contributed by atoms with Gasteiger partial charge in [-0.3, -0.25) is 9.69 Å². The molecule has 9 heavy (non-hydrogen) atoms. The number of carboxylic acid groups (broad SMARTS) is 1. The second-order valence-electron chi connectivity index (χ2n) is 2.88. The molecule has 0 aromatic carbocycles. The van der Waals surface area contributed by atoms with Gasteiger partial charge in [0.05, 0.1) is 5.92 Å². The van der Waals surface area contributed by atoms with E-state index in [4.69, 9.17) is 5.11 Å².